The van der Waals surface area contributed by atoms with E-state index >= 15 is 0 Å². The topological polar surface area (TPSA) is 75.0 Å². The van der Waals surface area contributed by atoms with Gasteiger partial charge in [-0.05, 0) is 60.7 Å². The third-order valence-electron chi connectivity index (χ3n) is 9.95. The second-order valence-electron chi connectivity index (χ2n) is 15.3. The summed E-state index contributed by atoms with van der Waals surface area (Å²) in [5, 5.41) is 1.91. The van der Waals surface area contributed by atoms with E-state index in [-0.39, 0.29) is 59.2 Å². The van der Waals surface area contributed by atoms with Gasteiger partial charge in [0.2, 0.25) is 5.95 Å². The maximum absolute atomic E-state index is 6.56. The second-order valence-corrected chi connectivity index (χ2v) is 15.3. The zero-order valence-electron chi connectivity index (χ0n) is 33.7. The smallest absolute Gasteiger partial charge is 0.503 e. The fourth-order valence-corrected chi connectivity index (χ4v) is 6.68. The van der Waals surface area contributed by atoms with Crippen molar-refractivity contribution in [1.29, 1.82) is 0 Å². The molecule has 0 bridgehead atoms. The Morgan fingerprint density at radius 1 is 0.500 bits per heavy atom. The molecule has 0 saturated heterocycles. The minimum atomic E-state index is 0. The van der Waals surface area contributed by atoms with Crippen LogP contribution in [0.2, 0.25) is 0 Å². The standard InChI is InChI=1S/C49H43N5O2.Pd.Pt/c1-29(2)34-19-36(45-17-32(7)13-15-50-45)23-41(21-34)55-39-9-11-43-44-12-10-40(26-48(44)54(47(43)25-39)49-52-27-38(28-53-49)31(5)6)56-42-22-35(30(3)4)20-37(24-42)46-18-33(8)14-16-51-46;;/h9-22,27-31H,1-8H3;;/q-4;2*+2. The van der Waals surface area contributed by atoms with Gasteiger partial charge in [0.25, 0.3) is 0 Å². The number of aromatic nitrogens is 5. The quantitative estimate of drug-likeness (QED) is 0.100. The number of fused-ring (bicyclic) bond motifs is 3. The van der Waals surface area contributed by atoms with Crippen LogP contribution in [0.1, 0.15) is 87.1 Å². The average Bonchev–Trinajstić information content (AvgIpc) is 3.50. The van der Waals surface area contributed by atoms with Crippen LogP contribution in [-0.4, -0.2) is 24.5 Å². The molecule has 7 nitrogen and oxygen atoms in total. The van der Waals surface area contributed by atoms with E-state index in [0.717, 1.165) is 72.1 Å². The zero-order valence-corrected chi connectivity index (χ0v) is 37.5. The van der Waals surface area contributed by atoms with Crippen molar-refractivity contribution in [3.63, 3.8) is 0 Å². The first-order valence-corrected chi connectivity index (χ1v) is 19.1. The molecule has 8 aromatic rings. The van der Waals surface area contributed by atoms with Crippen molar-refractivity contribution < 1.29 is 51.0 Å². The molecule has 4 aromatic heterocycles. The SMILES string of the molecule is Cc1ccnc(-c2[c-]c(Oc3[c-]c4c(cc3)c3ccc(Oc5[c-]c(-c6cc(C)ccn6)cc(C(C)C)c5)[c-]c3n4-c3ncc(C(C)C)cn3)cc(C(C)C)c2)c1.[Pd+2].[Pt+2]. The molecule has 4 heterocycles. The van der Waals surface area contributed by atoms with Crippen LogP contribution >= 0.6 is 0 Å². The van der Waals surface area contributed by atoms with Crippen LogP contribution < -0.4 is 9.47 Å². The summed E-state index contributed by atoms with van der Waals surface area (Å²) in [5.74, 6) is 3.59. The molecule has 0 aliphatic heterocycles. The number of ether oxygens (including phenoxy) is 2. The molecule has 0 aliphatic carbocycles. The molecule has 0 atom stereocenters. The number of aryl methyl sites for hydroxylation is 2. The van der Waals surface area contributed by atoms with E-state index in [1.54, 1.807) is 0 Å². The van der Waals surface area contributed by atoms with Gasteiger partial charge in [-0.3, -0.25) is 0 Å². The van der Waals surface area contributed by atoms with Crippen molar-refractivity contribution in [2.45, 2.75) is 73.1 Å². The molecule has 4 aromatic carbocycles. The number of hydrogen-bond donors (Lipinski definition) is 0. The molecule has 8 rings (SSSR count). The molecule has 0 radical (unpaired) electrons. The Morgan fingerprint density at radius 2 is 0.931 bits per heavy atom. The third-order valence-corrected chi connectivity index (χ3v) is 9.95. The zero-order chi connectivity index (χ0) is 39.1. The minimum Gasteiger partial charge on any atom is -0.503 e. The van der Waals surface area contributed by atoms with E-state index in [1.165, 1.54) is 0 Å². The van der Waals surface area contributed by atoms with Crippen LogP contribution in [0.15, 0.2) is 97.6 Å². The number of nitrogens with zero attached hydrogens (tertiary/aromatic N) is 5. The first-order chi connectivity index (χ1) is 27.0. The number of benzene rings is 4. The summed E-state index contributed by atoms with van der Waals surface area (Å²) >= 11 is 0. The Balaban J connectivity index is 0.00000283. The first kappa shape index (κ1) is 42.6. The van der Waals surface area contributed by atoms with Crippen molar-refractivity contribution >= 4 is 21.8 Å². The maximum Gasteiger partial charge on any atom is 2.00 e. The van der Waals surface area contributed by atoms with Crippen molar-refractivity contribution in [3.05, 3.63) is 150 Å². The van der Waals surface area contributed by atoms with Crippen molar-refractivity contribution in [2.75, 3.05) is 0 Å². The predicted molar refractivity (Wildman–Crippen MR) is 223 cm³/mol. The fraction of sp³-hybridized carbons (Fsp3) is 0.224. The molecule has 58 heavy (non-hydrogen) atoms. The summed E-state index contributed by atoms with van der Waals surface area (Å²) in [5.41, 5.74) is 10.5. The summed E-state index contributed by atoms with van der Waals surface area (Å²) in [6, 6.07) is 38.5. The predicted octanol–water partition coefficient (Wildman–Crippen LogP) is 12.5. The summed E-state index contributed by atoms with van der Waals surface area (Å²) < 4.78 is 15.1. The Kier molecular flexibility index (Phi) is 13.1. The van der Waals surface area contributed by atoms with E-state index in [4.69, 9.17) is 19.4 Å². The number of pyridine rings is 2. The monoisotopic (exact) mass is 1030 g/mol. The fourth-order valence-electron chi connectivity index (χ4n) is 6.68. The van der Waals surface area contributed by atoms with Gasteiger partial charge in [0.15, 0.2) is 0 Å². The molecule has 0 aliphatic rings. The van der Waals surface area contributed by atoms with Crippen molar-refractivity contribution in [3.8, 4) is 51.5 Å². The van der Waals surface area contributed by atoms with Crippen LogP contribution in [0.4, 0.5) is 0 Å². The Morgan fingerprint density at radius 3 is 1.33 bits per heavy atom. The van der Waals surface area contributed by atoms with Gasteiger partial charge in [-0.15, -0.1) is 58.7 Å². The molecular weight excluding hydrogens is 992 g/mol. The summed E-state index contributed by atoms with van der Waals surface area (Å²) in [7, 11) is 0. The molecule has 0 amide bonds. The van der Waals surface area contributed by atoms with Gasteiger partial charge in [0.1, 0.15) is 0 Å². The molecule has 0 spiro atoms. The Labute approximate surface area is 369 Å². The average molecular weight is 1040 g/mol. The Bertz CT molecular complexity index is 2560. The van der Waals surface area contributed by atoms with Gasteiger partial charge >= 0.3 is 41.5 Å². The van der Waals surface area contributed by atoms with E-state index in [1.807, 2.05) is 77.9 Å². The van der Waals surface area contributed by atoms with E-state index in [9.17, 15) is 0 Å². The number of hydrogen-bond acceptors (Lipinski definition) is 6. The largest absolute Gasteiger partial charge is 2.00 e. The van der Waals surface area contributed by atoms with Gasteiger partial charge in [-0.1, -0.05) is 100 Å². The molecule has 296 valence electrons. The van der Waals surface area contributed by atoms with Gasteiger partial charge in [0.05, 0.1) is 0 Å². The van der Waals surface area contributed by atoms with Crippen LogP contribution in [0.3, 0.4) is 0 Å². The molecule has 0 fully saturated rings. The second kappa shape index (κ2) is 17.9. The molecule has 0 saturated carbocycles. The van der Waals surface area contributed by atoms with Gasteiger partial charge < -0.3 is 24.0 Å². The van der Waals surface area contributed by atoms with Crippen molar-refractivity contribution in [1.82, 2.24) is 24.5 Å². The normalized spacial score (nSPS) is 11.3. The first-order valence-electron chi connectivity index (χ1n) is 19.1. The molecule has 0 N–H and O–H groups in total. The van der Waals surface area contributed by atoms with Crippen molar-refractivity contribution in [2.24, 2.45) is 0 Å². The Hall–Kier alpha value is -4.99. The van der Waals surface area contributed by atoms with Crippen LogP contribution in [0.5, 0.6) is 23.0 Å². The molecular formula is C49H43N5O2PdPt. The van der Waals surface area contributed by atoms with E-state index in [2.05, 4.69) is 114 Å². The van der Waals surface area contributed by atoms with E-state index in [0.29, 0.717) is 28.9 Å². The van der Waals surface area contributed by atoms with Crippen LogP contribution in [-0.2, 0) is 41.5 Å². The third kappa shape index (κ3) is 9.01. The van der Waals surface area contributed by atoms with Crippen LogP contribution in [0.25, 0.3) is 50.3 Å². The number of rotatable bonds is 10. The van der Waals surface area contributed by atoms with Gasteiger partial charge in [-0.25, -0.2) is 9.97 Å². The minimum absolute atomic E-state index is 0. The van der Waals surface area contributed by atoms with E-state index < -0.39 is 0 Å². The maximum atomic E-state index is 6.56. The van der Waals surface area contributed by atoms with Gasteiger partial charge in [-0.2, -0.15) is 22.9 Å². The van der Waals surface area contributed by atoms with Crippen LogP contribution in [0, 0.1) is 38.1 Å². The van der Waals surface area contributed by atoms with Gasteiger partial charge in [0, 0.05) is 47.8 Å². The summed E-state index contributed by atoms with van der Waals surface area (Å²) in [4.78, 5) is 18.9. The molecule has 9 heteroatoms. The summed E-state index contributed by atoms with van der Waals surface area (Å²) in [6.45, 7) is 17.1. The summed E-state index contributed by atoms with van der Waals surface area (Å²) in [6.07, 6.45) is 7.41. The molecule has 0 unspecified atom stereocenters.